The van der Waals surface area contributed by atoms with Gasteiger partial charge in [-0.2, -0.15) is 10.4 Å². The van der Waals surface area contributed by atoms with Gasteiger partial charge in [-0.1, -0.05) is 27.7 Å². The van der Waals surface area contributed by atoms with Crippen LogP contribution in [0.15, 0.2) is 18.5 Å². The monoisotopic (exact) mass is 600 g/mol. The standard InChI is InChI=1S/C29H40N6O8/c1-15(2)20(33-26(38)43-27(5,6)7)24(36)34-23-17-10-11-19(35(17)32-14-31-23)29(13-30)22-21(41-28(8,9)42-22)18(40-29)12-39-25(37)16(3)4/h10-11,14-16,18,20-22H,12H2,1-9H3,(H,33,38)(H,31,32,34,36)/t18-,20+,21-,22-,29+/m1/s1. The number of amides is 2. The number of aromatic nitrogens is 3. The van der Waals surface area contributed by atoms with Gasteiger partial charge in [0.15, 0.2) is 11.6 Å². The first kappa shape index (κ1) is 32.1. The summed E-state index contributed by atoms with van der Waals surface area (Å²) in [6.07, 6.45) is -1.89. The normalized spacial score (nSPS) is 25.3. The quantitative estimate of drug-likeness (QED) is 0.426. The van der Waals surface area contributed by atoms with Crippen LogP contribution in [0, 0.1) is 23.2 Å². The van der Waals surface area contributed by atoms with Gasteiger partial charge in [0.1, 0.15) is 54.5 Å². The number of carbonyl (C=O) groups excluding carboxylic acids is 3. The predicted molar refractivity (Wildman–Crippen MR) is 151 cm³/mol. The lowest BCUT2D eigenvalue weighted by Gasteiger charge is -2.29. The van der Waals surface area contributed by atoms with Crippen molar-refractivity contribution in [3.63, 3.8) is 0 Å². The number of nitrogens with one attached hydrogen (secondary N) is 2. The van der Waals surface area contributed by atoms with Crippen LogP contribution < -0.4 is 10.6 Å². The van der Waals surface area contributed by atoms with Crippen molar-refractivity contribution in [3.8, 4) is 6.07 Å². The molecule has 4 rings (SSSR count). The summed E-state index contributed by atoms with van der Waals surface area (Å²) in [6, 6.07) is 4.61. The molecule has 4 heterocycles. The van der Waals surface area contributed by atoms with E-state index >= 15 is 0 Å². The van der Waals surface area contributed by atoms with Crippen LogP contribution >= 0.6 is 0 Å². The molecule has 2 amide bonds. The van der Waals surface area contributed by atoms with Gasteiger partial charge in [-0.3, -0.25) is 9.59 Å². The zero-order chi connectivity index (χ0) is 31.9. The van der Waals surface area contributed by atoms with Crippen LogP contribution in [0.1, 0.15) is 68.0 Å². The summed E-state index contributed by atoms with van der Waals surface area (Å²) in [6.45, 7) is 15.5. The summed E-state index contributed by atoms with van der Waals surface area (Å²) < 4.78 is 30.8. The Bertz CT molecular complexity index is 1420. The van der Waals surface area contributed by atoms with Crippen molar-refractivity contribution in [2.45, 2.75) is 104 Å². The Labute approximate surface area is 250 Å². The first-order chi connectivity index (χ1) is 20.0. The third-order valence-corrected chi connectivity index (χ3v) is 6.96. The molecule has 2 aliphatic rings. The Morgan fingerprint density at radius 3 is 2.44 bits per heavy atom. The van der Waals surface area contributed by atoms with Gasteiger partial charge >= 0.3 is 12.1 Å². The third-order valence-electron chi connectivity index (χ3n) is 6.96. The van der Waals surface area contributed by atoms with Gasteiger partial charge in [0.25, 0.3) is 0 Å². The second-order valence-electron chi connectivity index (χ2n) is 12.8. The molecule has 2 aliphatic heterocycles. The summed E-state index contributed by atoms with van der Waals surface area (Å²) in [5.41, 5.74) is -1.76. The molecule has 0 aromatic carbocycles. The van der Waals surface area contributed by atoms with Crippen LogP contribution in [0.25, 0.3) is 5.52 Å². The zero-order valence-electron chi connectivity index (χ0n) is 26.0. The van der Waals surface area contributed by atoms with Crippen molar-refractivity contribution in [2.75, 3.05) is 11.9 Å². The molecular formula is C29H40N6O8. The van der Waals surface area contributed by atoms with E-state index in [4.69, 9.17) is 23.7 Å². The minimum atomic E-state index is -1.70. The van der Waals surface area contributed by atoms with E-state index in [-0.39, 0.29) is 24.3 Å². The molecule has 0 radical (unpaired) electrons. The van der Waals surface area contributed by atoms with E-state index in [0.29, 0.717) is 11.2 Å². The van der Waals surface area contributed by atoms with Crippen LogP contribution in [0.5, 0.6) is 0 Å². The Balaban J connectivity index is 1.64. The van der Waals surface area contributed by atoms with Crippen LogP contribution in [0.2, 0.25) is 0 Å². The highest BCUT2D eigenvalue weighted by molar-refractivity contribution is 5.98. The molecule has 43 heavy (non-hydrogen) atoms. The molecule has 0 bridgehead atoms. The van der Waals surface area contributed by atoms with Crippen molar-refractivity contribution >= 4 is 29.3 Å². The molecule has 0 saturated carbocycles. The van der Waals surface area contributed by atoms with E-state index in [1.165, 1.54) is 10.8 Å². The lowest BCUT2D eigenvalue weighted by atomic mass is 9.92. The van der Waals surface area contributed by atoms with Gasteiger partial charge < -0.3 is 34.3 Å². The number of nitriles is 1. The van der Waals surface area contributed by atoms with E-state index in [9.17, 15) is 19.6 Å². The molecule has 2 N–H and O–H groups in total. The first-order valence-electron chi connectivity index (χ1n) is 14.2. The molecule has 2 aromatic heterocycles. The average Bonchev–Trinajstić information content (AvgIpc) is 3.55. The van der Waals surface area contributed by atoms with Crippen LogP contribution in [0.4, 0.5) is 10.6 Å². The minimum absolute atomic E-state index is 0.137. The fraction of sp³-hybridized carbons (Fsp3) is 0.655. The Morgan fingerprint density at radius 2 is 1.84 bits per heavy atom. The fourth-order valence-electron chi connectivity index (χ4n) is 5.04. The number of hydrogen-bond donors (Lipinski definition) is 2. The number of nitrogens with zero attached hydrogens (tertiary/aromatic N) is 4. The third kappa shape index (κ3) is 6.58. The molecule has 2 fully saturated rings. The van der Waals surface area contributed by atoms with E-state index in [1.54, 1.807) is 74.4 Å². The molecular weight excluding hydrogens is 560 g/mol. The number of fused-ring (bicyclic) bond motifs is 2. The Kier molecular flexibility index (Phi) is 8.74. The maximum absolute atomic E-state index is 13.3. The number of alkyl carbamates (subject to hydrolysis) is 1. The van der Waals surface area contributed by atoms with E-state index in [2.05, 4.69) is 26.8 Å². The molecule has 2 saturated heterocycles. The van der Waals surface area contributed by atoms with Crippen molar-refractivity contribution in [1.82, 2.24) is 19.9 Å². The number of anilines is 1. The van der Waals surface area contributed by atoms with Crippen molar-refractivity contribution < 1.29 is 38.1 Å². The van der Waals surface area contributed by atoms with Gasteiger partial charge in [-0.25, -0.2) is 14.3 Å². The summed E-state index contributed by atoms with van der Waals surface area (Å²) >= 11 is 0. The van der Waals surface area contributed by atoms with E-state index in [0.717, 1.165) is 0 Å². The number of rotatable bonds is 8. The van der Waals surface area contributed by atoms with E-state index in [1.807, 2.05) is 0 Å². The smallest absolute Gasteiger partial charge is 0.408 e. The van der Waals surface area contributed by atoms with Crippen LogP contribution in [-0.4, -0.2) is 74.9 Å². The highest BCUT2D eigenvalue weighted by atomic mass is 16.8. The minimum Gasteiger partial charge on any atom is -0.463 e. The number of hydrogen-bond acceptors (Lipinski definition) is 11. The molecule has 14 nitrogen and oxygen atoms in total. The zero-order valence-corrected chi connectivity index (χ0v) is 26.0. The molecule has 0 spiro atoms. The van der Waals surface area contributed by atoms with Crippen LogP contribution in [-0.2, 0) is 38.9 Å². The van der Waals surface area contributed by atoms with E-state index < -0.39 is 59.3 Å². The Hall–Kier alpha value is -3.80. The predicted octanol–water partition coefficient (Wildman–Crippen LogP) is 3.05. The number of carbonyl (C=O) groups is 3. The number of ether oxygens (including phenoxy) is 5. The first-order valence-corrected chi connectivity index (χ1v) is 14.2. The summed E-state index contributed by atoms with van der Waals surface area (Å²) in [7, 11) is 0. The molecule has 0 aliphatic carbocycles. The molecule has 0 unspecified atom stereocenters. The summed E-state index contributed by atoms with van der Waals surface area (Å²) in [5.74, 6) is -2.42. The summed E-state index contributed by atoms with van der Waals surface area (Å²) in [5, 5.41) is 20.3. The molecule has 14 heteroatoms. The van der Waals surface area contributed by atoms with Crippen LogP contribution in [0.3, 0.4) is 0 Å². The van der Waals surface area contributed by atoms with Gasteiger partial charge in [0.05, 0.1) is 11.6 Å². The maximum Gasteiger partial charge on any atom is 0.408 e. The number of esters is 1. The molecule has 2 aromatic rings. The largest absolute Gasteiger partial charge is 0.463 e. The Morgan fingerprint density at radius 1 is 1.14 bits per heavy atom. The lowest BCUT2D eigenvalue weighted by molar-refractivity contribution is -0.207. The SMILES string of the molecule is CC(C)C(=O)OC[C@H]1O[C@@](C#N)(c2ccc3c(NC(=O)[C@@H](NC(=O)OC(C)(C)C)C(C)C)ncnn23)[C@@H]2OC(C)(C)O[C@@H]21. The highest BCUT2D eigenvalue weighted by Gasteiger charge is 2.65. The molecule has 5 atom stereocenters. The maximum atomic E-state index is 13.3. The average molecular weight is 601 g/mol. The fourth-order valence-corrected chi connectivity index (χ4v) is 5.04. The highest BCUT2D eigenvalue weighted by Crippen LogP contribution is 2.49. The van der Waals surface area contributed by atoms with Crippen molar-refractivity contribution in [1.29, 1.82) is 5.26 Å². The van der Waals surface area contributed by atoms with Crippen molar-refractivity contribution in [2.24, 2.45) is 11.8 Å². The topological polar surface area (TPSA) is 175 Å². The van der Waals surface area contributed by atoms with Gasteiger partial charge in [-0.15, -0.1) is 0 Å². The molecule has 234 valence electrons. The van der Waals surface area contributed by atoms with Crippen molar-refractivity contribution in [3.05, 3.63) is 24.2 Å². The summed E-state index contributed by atoms with van der Waals surface area (Å²) in [4.78, 5) is 42.1. The second-order valence-corrected chi connectivity index (χ2v) is 12.8. The lowest BCUT2D eigenvalue weighted by Crippen LogP contribution is -2.48. The van der Waals surface area contributed by atoms with Gasteiger partial charge in [-0.05, 0) is 52.7 Å². The van der Waals surface area contributed by atoms with Gasteiger partial charge in [0, 0.05) is 0 Å². The second kappa shape index (κ2) is 11.7. The van der Waals surface area contributed by atoms with Gasteiger partial charge in [0.2, 0.25) is 11.5 Å².